The third-order valence-corrected chi connectivity index (χ3v) is 4.49. The van der Waals surface area contributed by atoms with Crippen molar-refractivity contribution in [2.24, 2.45) is 0 Å². The molecule has 2 heterocycles. The number of rotatable bonds is 3. The van der Waals surface area contributed by atoms with E-state index in [-0.39, 0.29) is 11.7 Å². The van der Waals surface area contributed by atoms with Gasteiger partial charge in [-0.2, -0.15) is 8.42 Å². The van der Waals surface area contributed by atoms with E-state index >= 15 is 0 Å². The minimum atomic E-state index is -4.67. The number of carbonyl (C=O) groups excluding carboxylic acids is 1. The summed E-state index contributed by atoms with van der Waals surface area (Å²) in [6, 6.07) is 14.6. The van der Waals surface area contributed by atoms with Crippen LogP contribution in [-0.4, -0.2) is 44.8 Å². The Bertz CT molecular complexity index is 1350. The number of anilines is 1. The maximum atomic E-state index is 13.3. The molecule has 4 rings (SSSR count). The molecule has 0 radical (unpaired) electrons. The summed E-state index contributed by atoms with van der Waals surface area (Å²) in [7, 11) is -2.99. The number of fused-ring (bicyclic) bond motifs is 1. The van der Waals surface area contributed by atoms with Crippen LogP contribution in [0.1, 0.15) is 10.5 Å². The van der Waals surface area contributed by atoms with Crippen LogP contribution < -0.4 is 4.90 Å². The van der Waals surface area contributed by atoms with Gasteiger partial charge in [-0.05, 0) is 54.6 Å². The van der Waals surface area contributed by atoms with E-state index in [4.69, 9.17) is 29.1 Å². The lowest BCUT2D eigenvalue weighted by Crippen LogP contribution is -2.28. The Kier molecular flexibility index (Phi) is 6.84. The first-order chi connectivity index (χ1) is 15.0. The molecule has 12 heteroatoms. The van der Waals surface area contributed by atoms with Crippen molar-refractivity contribution in [3.05, 3.63) is 83.5 Å². The highest BCUT2D eigenvalue weighted by Gasteiger charge is 2.24. The Morgan fingerprint density at radius 1 is 1.09 bits per heavy atom. The van der Waals surface area contributed by atoms with E-state index in [0.717, 1.165) is 0 Å². The molecule has 0 aliphatic rings. The van der Waals surface area contributed by atoms with Crippen molar-refractivity contribution in [2.45, 2.75) is 0 Å². The molecule has 4 aromatic rings. The molecule has 0 aliphatic heterocycles. The van der Waals surface area contributed by atoms with Crippen molar-refractivity contribution in [3.8, 4) is 11.3 Å². The summed E-state index contributed by atoms with van der Waals surface area (Å²) >= 11 is 5.94. The molecular weight excluding hydrogens is 463 g/mol. The van der Waals surface area contributed by atoms with E-state index in [1.807, 2.05) is 0 Å². The number of halogens is 2. The highest BCUT2D eigenvalue weighted by atomic mass is 35.5. The highest BCUT2D eigenvalue weighted by molar-refractivity contribution is 7.79. The van der Waals surface area contributed by atoms with Gasteiger partial charge in [-0.15, -0.1) is 0 Å². The molecule has 32 heavy (non-hydrogen) atoms. The SMILES string of the molecule is CN(C(=O)c1c(-c2ccc(F)cc2)nc2ncccn12)c1ccc(Cl)cc1.O=S(=O)(O)O. The largest absolute Gasteiger partial charge is 0.394 e. The van der Waals surface area contributed by atoms with Crippen LogP contribution in [0.15, 0.2) is 67.0 Å². The molecular formula is C20H16ClFN4O5S. The van der Waals surface area contributed by atoms with Gasteiger partial charge in [-0.1, -0.05) is 11.6 Å². The summed E-state index contributed by atoms with van der Waals surface area (Å²) in [6.45, 7) is 0. The van der Waals surface area contributed by atoms with Gasteiger partial charge in [0.15, 0.2) is 0 Å². The van der Waals surface area contributed by atoms with E-state index in [1.165, 1.54) is 17.0 Å². The van der Waals surface area contributed by atoms with Crippen molar-refractivity contribution < 1.29 is 26.7 Å². The predicted octanol–water partition coefficient (Wildman–Crippen LogP) is 3.81. The minimum Gasteiger partial charge on any atom is -0.310 e. The van der Waals surface area contributed by atoms with Crippen LogP contribution in [0.4, 0.5) is 10.1 Å². The van der Waals surface area contributed by atoms with E-state index in [1.54, 1.807) is 66.3 Å². The Labute approximate surface area is 187 Å². The van der Waals surface area contributed by atoms with E-state index in [0.29, 0.717) is 33.4 Å². The average Bonchev–Trinajstić information content (AvgIpc) is 3.12. The van der Waals surface area contributed by atoms with Gasteiger partial charge in [0.1, 0.15) is 17.2 Å². The first-order valence-electron chi connectivity index (χ1n) is 8.87. The lowest BCUT2D eigenvalue weighted by molar-refractivity contribution is 0.0988. The zero-order valence-corrected chi connectivity index (χ0v) is 18.0. The van der Waals surface area contributed by atoms with Crippen LogP contribution in [0.25, 0.3) is 17.0 Å². The van der Waals surface area contributed by atoms with Crippen LogP contribution in [0.2, 0.25) is 5.02 Å². The maximum absolute atomic E-state index is 13.3. The number of imidazole rings is 1. The van der Waals surface area contributed by atoms with Gasteiger partial charge in [0.05, 0.1) is 0 Å². The fraction of sp³-hybridized carbons (Fsp3) is 0.0500. The molecule has 2 N–H and O–H groups in total. The Morgan fingerprint density at radius 2 is 1.69 bits per heavy atom. The monoisotopic (exact) mass is 478 g/mol. The fourth-order valence-electron chi connectivity index (χ4n) is 2.84. The molecule has 0 atom stereocenters. The van der Waals surface area contributed by atoms with Crippen LogP contribution in [0.5, 0.6) is 0 Å². The highest BCUT2D eigenvalue weighted by Crippen LogP contribution is 2.27. The summed E-state index contributed by atoms with van der Waals surface area (Å²) in [5.74, 6) is -0.228. The third kappa shape index (κ3) is 5.65. The molecule has 1 amide bonds. The zero-order valence-electron chi connectivity index (χ0n) is 16.4. The van der Waals surface area contributed by atoms with Crippen molar-refractivity contribution in [1.82, 2.24) is 14.4 Å². The molecule has 0 fully saturated rings. The lowest BCUT2D eigenvalue weighted by atomic mass is 10.1. The summed E-state index contributed by atoms with van der Waals surface area (Å²) in [4.78, 5) is 23.5. The molecule has 0 unspecified atom stereocenters. The standard InChI is InChI=1S/C20H14ClFN4O.H2O4S/c1-25(16-9-5-14(21)6-10-16)19(27)18-17(13-3-7-15(22)8-4-13)24-20-23-11-2-12-26(18)20;1-5(2,3)4/h2-12H,1H3;(H2,1,2,3,4). The quantitative estimate of drug-likeness (QED) is 0.429. The molecule has 2 aromatic heterocycles. The van der Waals surface area contributed by atoms with E-state index < -0.39 is 10.4 Å². The van der Waals surface area contributed by atoms with Gasteiger partial charge in [0.25, 0.3) is 5.91 Å². The molecule has 0 saturated carbocycles. The Hall–Kier alpha value is -3.38. The second kappa shape index (κ2) is 9.40. The number of benzene rings is 2. The second-order valence-electron chi connectivity index (χ2n) is 6.39. The smallest absolute Gasteiger partial charge is 0.310 e. The molecule has 166 valence electrons. The number of aromatic nitrogens is 3. The van der Waals surface area contributed by atoms with E-state index in [9.17, 15) is 9.18 Å². The fourth-order valence-corrected chi connectivity index (χ4v) is 2.97. The minimum absolute atomic E-state index is 0.267. The number of carbonyl (C=O) groups is 1. The van der Waals surface area contributed by atoms with Crippen LogP contribution in [0, 0.1) is 5.82 Å². The van der Waals surface area contributed by atoms with E-state index in [2.05, 4.69) is 9.97 Å². The van der Waals surface area contributed by atoms with Crippen LogP contribution in [-0.2, 0) is 10.4 Å². The molecule has 0 spiro atoms. The molecule has 0 aliphatic carbocycles. The topological polar surface area (TPSA) is 125 Å². The van der Waals surface area contributed by atoms with Crippen molar-refractivity contribution >= 4 is 39.4 Å². The zero-order chi connectivity index (χ0) is 23.5. The summed E-state index contributed by atoms with van der Waals surface area (Å²) in [5.41, 5.74) is 2.12. The van der Waals surface area contributed by atoms with Crippen molar-refractivity contribution in [3.63, 3.8) is 0 Å². The maximum Gasteiger partial charge on any atom is 0.394 e. The van der Waals surface area contributed by atoms with Gasteiger partial charge < -0.3 is 4.90 Å². The average molecular weight is 479 g/mol. The Balaban J connectivity index is 0.000000523. The number of hydrogen-bond acceptors (Lipinski definition) is 5. The number of amides is 1. The molecule has 2 aromatic carbocycles. The number of hydrogen-bond donors (Lipinski definition) is 2. The van der Waals surface area contributed by atoms with Gasteiger partial charge >= 0.3 is 10.4 Å². The Morgan fingerprint density at radius 3 is 2.28 bits per heavy atom. The number of nitrogens with zero attached hydrogens (tertiary/aromatic N) is 4. The van der Waals surface area contributed by atoms with Crippen LogP contribution >= 0.6 is 11.6 Å². The summed E-state index contributed by atoms with van der Waals surface area (Å²) in [6.07, 6.45) is 3.33. The van der Waals surface area contributed by atoms with Crippen molar-refractivity contribution in [2.75, 3.05) is 11.9 Å². The third-order valence-electron chi connectivity index (χ3n) is 4.24. The lowest BCUT2D eigenvalue weighted by Gasteiger charge is -2.18. The van der Waals surface area contributed by atoms with Gasteiger partial charge in [-0.3, -0.25) is 18.3 Å². The summed E-state index contributed by atoms with van der Waals surface area (Å²) in [5, 5.41) is 0.589. The first-order valence-corrected chi connectivity index (χ1v) is 10.6. The normalized spacial score (nSPS) is 11.0. The van der Waals surface area contributed by atoms with Crippen LogP contribution in [0.3, 0.4) is 0 Å². The van der Waals surface area contributed by atoms with Gasteiger partial charge in [-0.25, -0.2) is 14.4 Å². The van der Waals surface area contributed by atoms with Crippen molar-refractivity contribution in [1.29, 1.82) is 0 Å². The summed E-state index contributed by atoms with van der Waals surface area (Å²) < 4.78 is 46.5. The van der Waals surface area contributed by atoms with Gasteiger partial charge in [0, 0.05) is 35.7 Å². The first kappa shape index (κ1) is 23.3. The second-order valence-corrected chi connectivity index (χ2v) is 7.73. The predicted molar refractivity (Wildman–Crippen MR) is 117 cm³/mol. The van der Waals surface area contributed by atoms with Gasteiger partial charge in [0.2, 0.25) is 5.78 Å². The molecule has 0 bridgehead atoms. The molecule has 9 nitrogen and oxygen atoms in total. The molecule has 0 saturated heterocycles.